The summed E-state index contributed by atoms with van der Waals surface area (Å²) in [6.45, 7) is 0. The Hall–Kier alpha value is -3.31. The Balaban J connectivity index is 1.83. The molecule has 0 bridgehead atoms. The number of ether oxygens (including phenoxy) is 1. The van der Waals surface area contributed by atoms with E-state index in [2.05, 4.69) is 10.6 Å². The van der Waals surface area contributed by atoms with E-state index in [0.717, 1.165) is 0 Å². The molecule has 142 valence electrons. The number of Topliss-reactive ketones (excluding diaryl/α,β-unsaturated/α-hetero) is 1. The van der Waals surface area contributed by atoms with Crippen molar-refractivity contribution >= 4 is 29.0 Å². The van der Waals surface area contributed by atoms with Crippen LogP contribution in [0.4, 0.5) is 5.69 Å². The van der Waals surface area contributed by atoms with Crippen molar-refractivity contribution < 1.29 is 14.3 Å². The van der Waals surface area contributed by atoms with Gasteiger partial charge in [0.2, 0.25) is 5.78 Å². The van der Waals surface area contributed by atoms with Crippen LogP contribution in [0.3, 0.4) is 0 Å². The molecule has 28 heavy (non-hydrogen) atoms. The zero-order chi connectivity index (χ0) is 19.9. The van der Waals surface area contributed by atoms with Crippen molar-refractivity contribution in [3.8, 4) is 5.75 Å². The molecule has 0 unspecified atom stereocenters. The number of rotatable bonds is 7. The fourth-order valence-electron chi connectivity index (χ4n) is 2.61. The third kappa shape index (κ3) is 4.90. The molecular formula is C22H19ClN2O3. The Morgan fingerprint density at radius 2 is 1.50 bits per heavy atom. The lowest BCUT2D eigenvalue weighted by molar-refractivity contribution is 0.0869. The number of ketones is 1. The summed E-state index contributed by atoms with van der Waals surface area (Å²) >= 11 is 5.92. The number of methoxy groups -OCH3 is 1. The normalized spacial score (nSPS) is 11.4. The molecule has 0 spiro atoms. The summed E-state index contributed by atoms with van der Waals surface area (Å²) in [6, 6.07) is 22.4. The van der Waals surface area contributed by atoms with Crippen LogP contribution in [0.5, 0.6) is 5.75 Å². The van der Waals surface area contributed by atoms with Gasteiger partial charge in [0.1, 0.15) is 5.75 Å². The third-order valence-corrected chi connectivity index (χ3v) is 4.36. The average Bonchev–Trinajstić information content (AvgIpc) is 2.75. The second-order valence-electron chi connectivity index (χ2n) is 6.02. The molecule has 0 heterocycles. The second-order valence-corrected chi connectivity index (χ2v) is 6.45. The van der Waals surface area contributed by atoms with Crippen LogP contribution in [-0.4, -0.2) is 25.0 Å². The van der Waals surface area contributed by atoms with Crippen LogP contribution in [0, 0.1) is 0 Å². The first-order valence-electron chi connectivity index (χ1n) is 8.63. The van der Waals surface area contributed by atoms with Gasteiger partial charge in [0.15, 0.2) is 6.17 Å². The molecule has 3 aromatic rings. The molecule has 0 aliphatic heterocycles. The minimum absolute atomic E-state index is 0.252. The maximum atomic E-state index is 13.0. The Kier molecular flexibility index (Phi) is 6.29. The molecule has 1 amide bonds. The summed E-state index contributed by atoms with van der Waals surface area (Å²) in [7, 11) is 1.56. The molecule has 3 rings (SSSR count). The fraction of sp³-hybridized carbons (Fsp3) is 0.0909. The number of hydrogen-bond donors (Lipinski definition) is 2. The highest BCUT2D eigenvalue weighted by molar-refractivity contribution is 6.30. The lowest BCUT2D eigenvalue weighted by Crippen LogP contribution is -2.46. The number of amides is 1. The van der Waals surface area contributed by atoms with Crippen LogP contribution >= 0.6 is 11.6 Å². The van der Waals surface area contributed by atoms with Gasteiger partial charge in [-0.1, -0.05) is 41.9 Å². The Bertz CT molecular complexity index is 942. The van der Waals surface area contributed by atoms with Crippen molar-refractivity contribution in [3.63, 3.8) is 0 Å². The van der Waals surface area contributed by atoms with Crippen LogP contribution in [0.15, 0.2) is 78.9 Å². The molecule has 0 radical (unpaired) electrons. The summed E-state index contributed by atoms with van der Waals surface area (Å²) in [5.41, 5.74) is 1.57. The topological polar surface area (TPSA) is 67.4 Å². The van der Waals surface area contributed by atoms with Crippen molar-refractivity contribution in [3.05, 3.63) is 95.0 Å². The van der Waals surface area contributed by atoms with E-state index in [1.807, 2.05) is 6.07 Å². The monoisotopic (exact) mass is 394 g/mol. The smallest absolute Gasteiger partial charge is 0.253 e. The number of benzene rings is 3. The molecule has 0 saturated heterocycles. The van der Waals surface area contributed by atoms with Crippen molar-refractivity contribution in [1.29, 1.82) is 0 Å². The van der Waals surface area contributed by atoms with Crippen LogP contribution < -0.4 is 15.4 Å². The first-order chi connectivity index (χ1) is 13.6. The Morgan fingerprint density at radius 1 is 0.857 bits per heavy atom. The molecule has 0 aliphatic rings. The van der Waals surface area contributed by atoms with E-state index in [-0.39, 0.29) is 11.7 Å². The zero-order valence-corrected chi connectivity index (χ0v) is 15.9. The number of nitrogens with one attached hydrogen (secondary N) is 2. The van der Waals surface area contributed by atoms with E-state index in [4.69, 9.17) is 16.3 Å². The summed E-state index contributed by atoms with van der Waals surface area (Å²) in [5.74, 6) is 0.0172. The lowest BCUT2D eigenvalue weighted by Gasteiger charge is -2.20. The largest absolute Gasteiger partial charge is 0.497 e. The van der Waals surface area contributed by atoms with Gasteiger partial charge in [0.05, 0.1) is 7.11 Å². The molecule has 5 nitrogen and oxygen atoms in total. The van der Waals surface area contributed by atoms with E-state index in [0.29, 0.717) is 27.6 Å². The van der Waals surface area contributed by atoms with Gasteiger partial charge in [-0.3, -0.25) is 9.59 Å². The Labute approximate surface area is 168 Å². The highest BCUT2D eigenvalue weighted by Gasteiger charge is 2.22. The molecule has 2 N–H and O–H groups in total. The number of carbonyl (C=O) groups excluding carboxylic acids is 2. The van der Waals surface area contributed by atoms with E-state index in [9.17, 15) is 9.59 Å². The van der Waals surface area contributed by atoms with Crippen LogP contribution in [0.1, 0.15) is 20.7 Å². The quantitative estimate of drug-likeness (QED) is 0.460. The van der Waals surface area contributed by atoms with Crippen molar-refractivity contribution in [1.82, 2.24) is 5.32 Å². The van der Waals surface area contributed by atoms with Crippen molar-refractivity contribution in [2.24, 2.45) is 0 Å². The second kappa shape index (κ2) is 9.06. The highest BCUT2D eigenvalue weighted by atomic mass is 35.5. The standard InChI is InChI=1S/C22H19ClN2O3/c1-28-19-13-7-16(8-14-19)22(27)25-21(20(26)15-5-3-2-4-6-15)24-18-11-9-17(23)10-12-18/h2-14,21,24H,1H3,(H,25,27)/t21-/m1/s1. The fourth-order valence-corrected chi connectivity index (χ4v) is 2.73. The van der Waals surface area contributed by atoms with E-state index in [1.54, 1.807) is 79.9 Å². The van der Waals surface area contributed by atoms with Crippen LogP contribution in [0.2, 0.25) is 5.02 Å². The van der Waals surface area contributed by atoms with Gasteiger partial charge < -0.3 is 15.4 Å². The predicted octanol–water partition coefficient (Wildman–Crippen LogP) is 4.40. The van der Waals surface area contributed by atoms with Gasteiger partial charge in [0, 0.05) is 21.8 Å². The summed E-state index contributed by atoms with van der Waals surface area (Å²) < 4.78 is 5.11. The van der Waals surface area contributed by atoms with Crippen LogP contribution in [0.25, 0.3) is 0 Å². The van der Waals surface area contributed by atoms with Crippen molar-refractivity contribution in [2.75, 3.05) is 12.4 Å². The summed E-state index contributed by atoms with van der Waals surface area (Å²) in [4.78, 5) is 25.6. The van der Waals surface area contributed by atoms with Crippen LogP contribution in [-0.2, 0) is 0 Å². The SMILES string of the molecule is COc1ccc(C(=O)N[C@@H](Nc2ccc(Cl)cc2)C(=O)c2ccccc2)cc1. The van der Waals surface area contributed by atoms with Gasteiger partial charge in [-0.25, -0.2) is 0 Å². The molecule has 3 aromatic carbocycles. The molecular weight excluding hydrogens is 376 g/mol. The Morgan fingerprint density at radius 3 is 2.11 bits per heavy atom. The number of halogens is 1. The van der Waals surface area contributed by atoms with Gasteiger partial charge in [-0.15, -0.1) is 0 Å². The zero-order valence-electron chi connectivity index (χ0n) is 15.2. The summed E-state index contributed by atoms with van der Waals surface area (Å²) in [5, 5.41) is 6.40. The molecule has 6 heteroatoms. The lowest BCUT2D eigenvalue weighted by atomic mass is 10.1. The molecule has 1 atom stereocenters. The molecule has 0 saturated carbocycles. The number of anilines is 1. The maximum absolute atomic E-state index is 13.0. The number of carbonyl (C=O) groups is 2. The van der Waals surface area contributed by atoms with E-state index >= 15 is 0 Å². The van der Waals surface area contributed by atoms with Gasteiger partial charge in [0.25, 0.3) is 5.91 Å². The molecule has 0 aliphatic carbocycles. The van der Waals surface area contributed by atoms with E-state index < -0.39 is 6.17 Å². The maximum Gasteiger partial charge on any atom is 0.253 e. The average molecular weight is 395 g/mol. The minimum atomic E-state index is -0.946. The van der Waals surface area contributed by atoms with E-state index in [1.165, 1.54) is 0 Å². The van der Waals surface area contributed by atoms with Gasteiger partial charge in [-0.2, -0.15) is 0 Å². The first kappa shape index (κ1) is 19.5. The van der Waals surface area contributed by atoms with Gasteiger partial charge in [-0.05, 0) is 48.5 Å². The molecule has 0 fully saturated rings. The third-order valence-electron chi connectivity index (χ3n) is 4.10. The summed E-state index contributed by atoms with van der Waals surface area (Å²) in [6.07, 6.45) is -0.946. The van der Waals surface area contributed by atoms with Gasteiger partial charge >= 0.3 is 0 Å². The highest BCUT2D eigenvalue weighted by Crippen LogP contribution is 2.16. The first-order valence-corrected chi connectivity index (χ1v) is 9.01. The number of hydrogen-bond acceptors (Lipinski definition) is 4. The predicted molar refractivity (Wildman–Crippen MR) is 110 cm³/mol. The van der Waals surface area contributed by atoms with Crippen molar-refractivity contribution in [2.45, 2.75) is 6.17 Å². The molecule has 0 aromatic heterocycles. The minimum Gasteiger partial charge on any atom is -0.497 e.